The van der Waals surface area contributed by atoms with Crippen LogP contribution in [0, 0.1) is 0 Å². The molecule has 122 valence electrons. The molecule has 0 aromatic rings. The number of unbranched alkanes of at least 4 members (excludes halogenated alkanes) is 2. The standard InChI is InChI=1S/C10H20N2O.C5H10N2O/c1-4-5-6-7-12-8-9(2)11(3)10(12)13;1-4-3-6-5(8)7(4)2/h9H,4-8H2,1-3H3;4H,3H2,1-2H3,(H,6,8)/t9-;4-/m11/s1. The fraction of sp³-hybridized carbons (Fsp3) is 0.867. The van der Waals surface area contributed by atoms with Gasteiger partial charge in [-0.2, -0.15) is 0 Å². The zero-order valence-corrected chi connectivity index (χ0v) is 14.1. The van der Waals surface area contributed by atoms with E-state index in [4.69, 9.17) is 0 Å². The number of carbonyl (C=O) groups excluding carboxylic acids is 2. The van der Waals surface area contributed by atoms with Crippen molar-refractivity contribution in [2.45, 2.75) is 52.1 Å². The number of hydrogen-bond acceptors (Lipinski definition) is 2. The van der Waals surface area contributed by atoms with Crippen molar-refractivity contribution in [3.63, 3.8) is 0 Å². The van der Waals surface area contributed by atoms with Crippen LogP contribution in [0.5, 0.6) is 0 Å². The maximum absolute atomic E-state index is 11.6. The summed E-state index contributed by atoms with van der Waals surface area (Å²) in [5, 5.41) is 2.71. The summed E-state index contributed by atoms with van der Waals surface area (Å²) in [4.78, 5) is 27.6. The second-order valence-electron chi connectivity index (χ2n) is 6.04. The molecule has 2 atom stereocenters. The van der Waals surface area contributed by atoms with Gasteiger partial charge in [0.15, 0.2) is 0 Å². The molecule has 2 fully saturated rings. The van der Waals surface area contributed by atoms with Gasteiger partial charge in [0.1, 0.15) is 0 Å². The van der Waals surface area contributed by atoms with Crippen molar-refractivity contribution >= 4 is 12.1 Å². The zero-order chi connectivity index (χ0) is 16.0. The van der Waals surface area contributed by atoms with E-state index in [1.165, 1.54) is 12.8 Å². The van der Waals surface area contributed by atoms with Crippen LogP contribution in [0.1, 0.15) is 40.0 Å². The quantitative estimate of drug-likeness (QED) is 0.807. The van der Waals surface area contributed by atoms with Gasteiger partial charge in [-0.3, -0.25) is 0 Å². The predicted octanol–water partition coefficient (Wildman–Crippen LogP) is 1.96. The molecule has 2 heterocycles. The van der Waals surface area contributed by atoms with Gasteiger partial charge in [-0.25, -0.2) is 9.59 Å². The van der Waals surface area contributed by atoms with E-state index in [0.717, 1.165) is 26.1 Å². The Morgan fingerprint density at radius 1 is 1.10 bits per heavy atom. The summed E-state index contributed by atoms with van der Waals surface area (Å²) in [5.74, 6) is 0. The molecule has 1 N–H and O–H groups in total. The zero-order valence-electron chi connectivity index (χ0n) is 14.1. The number of rotatable bonds is 4. The number of hydrogen-bond donors (Lipinski definition) is 1. The smallest absolute Gasteiger partial charge is 0.320 e. The first-order valence-corrected chi connectivity index (χ1v) is 7.90. The number of amides is 4. The fourth-order valence-corrected chi connectivity index (χ4v) is 2.37. The molecule has 4 amide bonds. The third-order valence-corrected chi connectivity index (χ3v) is 4.28. The van der Waals surface area contributed by atoms with E-state index in [0.29, 0.717) is 12.1 Å². The molecule has 0 radical (unpaired) electrons. The van der Waals surface area contributed by atoms with Gasteiger partial charge in [0.2, 0.25) is 0 Å². The van der Waals surface area contributed by atoms with E-state index in [1.54, 1.807) is 11.9 Å². The van der Waals surface area contributed by atoms with E-state index in [9.17, 15) is 9.59 Å². The Morgan fingerprint density at radius 2 is 1.76 bits per heavy atom. The monoisotopic (exact) mass is 298 g/mol. The van der Waals surface area contributed by atoms with Gasteiger partial charge < -0.3 is 20.0 Å². The lowest BCUT2D eigenvalue weighted by Crippen LogP contribution is -2.30. The lowest BCUT2D eigenvalue weighted by Gasteiger charge is -2.15. The van der Waals surface area contributed by atoms with Gasteiger partial charge >= 0.3 is 12.1 Å². The minimum atomic E-state index is 0.0394. The van der Waals surface area contributed by atoms with Gasteiger partial charge in [0.05, 0.1) is 0 Å². The summed E-state index contributed by atoms with van der Waals surface area (Å²) in [6.07, 6.45) is 3.58. The summed E-state index contributed by atoms with van der Waals surface area (Å²) in [5.41, 5.74) is 0. The molecule has 0 unspecified atom stereocenters. The Morgan fingerprint density at radius 3 is 2.10 bits per heavy atom. The predicted molar refractivity (Wildman–Crippen MR) is 84.3 cm³/mol. The first-order valence-electron chi connectivity index (χ1n) is 7.90. The summed E-state index contributed by atoms with van der Waals surface area (Å²) in [7, 11) is 3.68. The molecule has 0 spiro atoms. The SMILES string of the molecule is CCCCCN1C[C@@H](C)N(C)C1=O.C[C@@H]1CNC(=O)N1C. The molecular weight excluding hydrogens is 268 g/mol. The van der Waals surface area contributed by atoms with E-state index in [2.05, 4.69) is 19.2 Å². The first kappa shape index (κ1) is 17.6. The van der Waals surface area contributed by atoms with Crippen LogP contribution in [0.15, 0.2) is 0 Å². The number of nitrogens with one attached hydrogen (secondary N) is 1. The second-order valence-corrected chi connectivity index (χ2v) is 6.04. The van der Waals surface area contributed by atoms with E-state index < -0.39 is 0 Å². The van der Waals surface area contributed by atoms with E-state index in [1.807, 2.05) is 23.8 Å². The van der Waals surface area contributed by atoms with Gasteiger partial charge in [-0.1, -0.05) is 19.8 Å². The average molecular weight is 298 g/mol. The van der Waals surface area contributed by atoms with Gasteiger partial charge in [0, 0.05) is 45.8 Å². The molecule has 2 aliphatic rings. The third kappa shape index (κ3) is 4.79. The Balaban J connectivity index is 0.000000235. The Hall–Kier alpha value is -1.46. The highest BCUT2D eigenvalue weighted by Gasteiger charge is 2.30. The molecule has 2 saturated heterocycles. The molecule has 0 saturated carbocycles. The van der Waals surface area contributed by atoms with Crippen LogP contribution in [-0.2, 0) is 0 Å². The van der Waals surface area contributed by atoms with Crippen LogP contribution in [-0.4, -0.2) is 72.6 Å². The number of carbonyl (C=O) groups is 2. The second kappa shape index (κ2) is 8.10. The molecule has 0 aromatic heterocycles. The Kier molecular flexibility index (Phi) is 6.78. The lowest BCUT2D eigenvalue weighted by molar-refractivity contribution is 0.195. The van der Waals surface area contributed by atoms with Crippen LogP contribution in [0.4, 0.5) is 9.59 Å². The van der Waals surface area contributed by atoms with Gasteiger partial charge in [-0.15, -0.1) is 0 Å². The van der Waals surface area contributed by atoms with Crippen molar-refractivity contribution in [3.8, 4) is 0 Å². The van der Waals surface area contributed by atoms with Crippen molar-refractivity contribution < 1.29 is 9.59 Å². The fourth-order valence-electron chi connectivity index (χ4n) is 2.37. The minimum Gasteiger partial charge on any atom is -0.336 e. The molecule has 0 aromatic carbocycles. The van der Waals surface area contributed by atoms with Crippen LogP contribution in [0.25, 0.3) is 0 Å². The highest BCUT2D eigenvalue weighted by molar-refractivity contribution is 5.77. The maximum atomic E-state index is 11.6. The van der Waals surface area contributed by atoms with Crippen molar-refractivity contribution in [1.29, 1.82) is 0 Å². The van der Waals surface area contributed by atoms with Crippen molar-refractivity contribution in [2.75, 3.05) is 33.7 Å². The van der Waals surface area contributed by atoms with Crippen molar-refractivity contribution in [2.24, 2.45) is 0 Å². The molecule has 6 heteroatoms. The normalized spacial score (nSPS) is 25.1. The van der Waals surface area contributed by atoms with E-state index >= 15 is 0 Å². The molecule has 0 bridgehead atoms. The number of likely N-dealkylation sites (N-methyl/N-ethyl adjacent to an activating group) is 2. The van der Waals surface area contributed by atoms with Crippen LogP contribution < -0.4 is 5.32 Å². The van der Waals surface area contributed by atoms with E-state index in [-0.39, 0.29) is 12.1 Å². The number of nitrogens with zero attached hydrogens (tertiary/aromatic N) is 3. The topological polar surface area (TPSA) is 55.9 Å². The number of urea groups is 2. The van der Waals surface area contributed by atoms with Crippen molar-refractivity contribution in [1.82, 2.24) is 20.0 Å². The van der Waals surface area contributed by atoms with Crippen LogP contribution in [0.2, 0.25) is 0 Å². The Labute approximate surface area is 128 Å². The average Bonchev–Trinajstić information content (AvgIpc) is 2.88. The lowest BCUT2D eigenvalue weighted by atomic mass is 10.2. The summed E-state index contributed by atoms with van der Waals surface area (Å²) < 4.78 is 0. The third-order valence-electron chi connectivity index (χ3n) is 4.28. The largest absolute Gasteiger partial charge is 0.336 e. The Bertz CT molecular complexity index is 362. The molecule has 21 heavy (non-hydrogen) atoms. The molecule has 2 rings (SSSR count). The highest BCUT2D eigenvalue weighted by atomic mass is 16.2. The molecular formula is C15H30N4O2. The highest BCUT2D eigenvalue weighted by Crippen LogP contribution is 2.13. The van der Waals surface area contributed by atoms with Crippen molar-refractivity contribution in [3.05, 3.63) is 0 Å². The van der Waals surface area contributed by atoms with Crippen LogP contribution >= 0.6 is 0 Å². The van der Waals surface area contributed by atoms with Gasteiger partial charge in [-0.05, 0) is 20.3 Å². The maximum Gasteiger partial charge on any atom is 0.320 e. The summed E-state index contributed by atoms with van der Waals surface area (Å²) in [6, 6.07) is 0.984. The molecule has 0 aliphatic carbocycles. The first-order chi connectivity index (χ1) is 9.88. The summed E-state index contributed by atoms with van der Waals surface area (Å²) >= 11 is 0. The van der Waals surface area contributed by atoms with Gasteiger partial charge in [0.25, 0.3) is 0 Å². The van der Waals surface area contributed by atoms with Crippen LogP contribution in [0.3, 0.4) is 0 Å². The minimum absolute atomic E-state index is 0.0394. The summed E-state index contributed by atoms with van der Waals surface area (Å²) in [6.45, 7) is 8.91. The molecule has 2 aliphatic heterocycles. The molecule has 6 nitrogen and oxygen atoms in total.